The van der Waals surface area contributed by atoms with Crippen LogP contribution >= 0.6 is 0 Å². The van der Waals surface area contributed by atoms with E-state index >= 15 is 0 Å². The number of ether oxygens (including phenoxy) is 1. The number of piperidine rings is 1. The summed E-state index contributed by atoms with van der Waals surface area (Å²) < 4.78 is 6.17. The Kier molecular flexibility index (Phi) is 5.39. The van der Waals surface area contributed by atoms with Crippen molar-refractivity contribution in [2.45, 2.75) is 76.4 Å². The van der Waals surface area contributed by atoms with Gasteiger partial charge in [-0.25, -0.2) is 0 Å². The molecule has 3 bridgehead atoms. The first-order valence-corrected chi connectivity index (χ1v) is 13.0. The number of nitrogens with zero attached hydrogens (tertiary/aromatic N) is 1. The standard InChI is InChI=1S/C27H36N2O3/c30-26(28-25-20-3-1-2-19-14-22(25)16-21(19)15-20)17-6-8-23(9-7-17)32-24-10-12-29(13-11-24)27(31)18-4-5-18/h6-9,18-22,24-25H,1-5,10-16H2,(H,28,30). The third-order valence-corrected chi connectivity index (χ3v) is 9.05. The Bertz CT molecular complexity index is 856. The van der Waals surface area contributed by atoms with Crippen molar-refractivity contribution in [3.8, 4) is 5.75 Å². The largest absolute Gasteiger partial charge is 0.490 e. The zero-order chi connectivity index (χ0) is 21.7. The maximum absolute atomic E-state index is 13.0. The molecule has 4 aliphatic carbocycles. The van der Waals surface area contributed by atoms with Crippen LogP contribution in [0.5, 0.6) is 5.75 Å². The molecule has 5 atom stereocenters. The molecule has 5 nitrogen and oxygen atoms in total. The highest BCUT2D eigenvalue weighted by Gasteiger charge is 2.48. The van der Waals surface area contributed by atoms with E-state index < -0.39 is 0 Å². The lowest BCUT2D eigenvalue weighted by molar-refractivity contribution is -0.134. The van der Waals surface area contributed by atoms with Crippen LogP contribution in [0.15, 0.2) is 24.3 Å². The SMILES string of the molecule is O=C(NC1C2CCCC3CC1CC3C2)c1ccc(OC2CCN(C(=O)C3CC3)CC2)cc1. The number of carbonyl (C=O) groups excluding carboxylic acids is 2. The van der Waals surface area contributed by atoms with Gasteiger partial charge in [-0.2, -0.15) is 0 Å². The van der Waals surface area contributed by atoms with Crippen molar-refractivity contribution < 1.29 is 14.3 Å². The second-order valence-corrected chi connectivity index (χ2v) is 11.1. The van der Waals surface area contributed by atoms with Crippen LogP contribution < -0.4 is 10.1 Å². The third kappa shape index (κ3) is 4.04. The average molecular weight is 437 g/mol. The molecule has 1 aliphatic heterocycles. The smallest absolute Gasteiger partial charge is 0.251 e. The van der Waals surface area contributed by atoms with E-state index in [1.54, 1.807) is 0 Å². The first kappa shape index (κ1) is 20.6. The number of likely N-dealkylation sites (tertiary alicyclic amines) is 1. The summed E-state index contributed by atoms with van der Waals surface area (Å²) >= 11 is 0. The predicted molar refractivity (Wildman–Crippen MR) is 122 cm³/mol. The fourth-order valence-corrected chi connectivity index (χ4v) is 7.18. The van der Waals surface area contributed by atoms with Crippen LogP contribution in [0.1, 0.15) is 74.6 Å². The van der Waals surface area contributed by atoms with E-state index in [9.17, 15) is 9.59 Å². The molecule has 1 aromatic rings. The molecule has 0 radical (unpaired) electrons. The Balaban J connectivity index is 1.02. The fraction of sp³-hybridized carbons (Fsp3) is 0.704. The second kappa shape index (κ2) is 8.39. The summed E-state index contributed by atoms with van der Waals surface area (Å²) in [6.45, 7) is 1.60. The van der Waals surface area contributed by atoms with Crippen LogP contribution in [0.2, 0.25) is 0 Å². The molecule has 4 saturated carbocycles. The number of hydrogen-bond acceptors (Lipinski definition) is 3. The molecule has 1 aromatic carbocycles. The summed E-state index contributed by atoms with van der Waals surface area (Å²) in [6.07, 6.45) is 12.1. The van der Waals surface area contributed by atoms with E-state index in [4.69, 9.17) is 4.74 Å². The van der Waals surface area contributed by atoms with Gasteiger partial charge in [0, 0.05) is 43.5 Å². The molecule has 1 N–H and O–H groups in total. The van der Waals surface area contributed by atoms with Gasteiger partial charge in [-0.1, -0.05) is 12.8 Å². The zero-order valence-corrected chi connectivity index (χ0v) is 19.0. The van der Waals surface area contributed by atoms with E-state index in [2.05, 4.69) is 5.32 Å². The topological polar surface area (TPSA) is 58.6 Å². The minimum Gasteiger partial charge on any atom is -0.490 e. The van der Waals surface area contributed by atoms with Gasteiger partial charge in [0.15, 0.2) is 0 Å². The lowest BCUT2D eigenvalue weighted by Gasteiger charge is -2.37. The normalized spacial score (nSPS) is 34.2. The van der Waals surface area contributed by atoms with Gasteiger partial charge in [0.1, 0.15) is 11.9 Å². The van der Waals surface area contributed by atoms with Gasteiger partial charge in [0.05, 0.1) is 0 Å². The third-order valence-electron chi connectivity index (χ3n) is 9.05. The van der Waals surface area contributed by atoms with Gasteiger partial charge in [0.25, 0.3) is 5.91 Å². The summed E-state index contributed by atoms with van der Waals surface area (Å²) in [5.41, 5.74) is 0.731. The maximum atomic E-state index is 13.0. The summed E-state index contributed by atoms with van der Waals surface area (Å²) in [7, 11) is 0. The lowest BCUT2D eigenvalue weighted by Crippen LogP contribution is -2.47. The molecular weight excluding hydrogens is 400 g/mol. The Morgan fingerprint density at radius 2 is 1.50 bits per heavy atom. The van der Waals surface area contributed by atoms with Crippen LogP contribution in [-0.2, 0) is 4.79 Å². The minimum absolute atomic E-state index is 0.0703. The van der Waals surface area contributed by atoms with Crippen molar-refractivity contribution in [2.75, 3.05) is 13.1 Å². The van der Waals surface area contributed by atoms with E-state index in [0.717, 1.165) is 61.9 Å². The van der Waals surface area contributed by atoms with Crippen molar-refractivity contribution >= 4 is 11.8 Å². The first-order valence-electron chi connectivity index (χ1n) is 13.0. The molecule has 5 fully saturated rings. The number of hydrogen-bond donors (Lipinski definition) is 1. The van der Waals surface area contributed by atoms with Crippen LogP contribution in [-0.4, -0.2) is 41.9 Å². The summed E-state index contributed by atoms with van der Waals surface area (Å²) in [4.78, 5) is 27.2. The summed E-state index contributed by atoms with van der Waals surface area (Å²) in [5, 5.41) is 3.43. The van der Waals surface area contributed by atoms with Gasteiger partial charge < -0.3 is 15.0 Å². The fourth-order valence-electron chi connectivity index (χ4n) is 7.18. The van der Waals surface area contributed by atoms with E-state index in [-0.39, 0.29) is 12.0 Å². The van der Waals surface area contributed by atoms with E-state index in [0.29, 0.717) is 29.7 Å². The van der Waals surface area contributed by atoms with Crippen LogP contribution in [0.4, 0.5) is 0 Å². The van der Waals surface area contributed by atoms with Crippen LogP contribution in [0.3, 0.4) is 0 Å². The van der Waals surface area contributed by atoms with Gasteiger partial charge in [-0.15, -0.1) is 0 Å². The molecule has 2 amide bonds. The summed E-state index contributed by atoms with van der Waals surface area (Å²) in [6, 6.07) is 8.03. The number of benzene rings is 1. The molecule has 1 heterocycles. The Morgan fingerprint density at radius 3 is 2.25 bits per heavy atom. The van der Waals surface area contributed by atoms with Crippen LogP contribution in [0, 0.1) is 29.6 Å². The monoisotopic (exact) mass is 436 g/mol. The maximum Gasteiger partial charge on any atom is 0.251 e. The zero-order valence-electron chi connectivity index (χ0n) is 19.0. The predicted octanol–water partition coefficient (Wildman–Crippen LogP) is 4.41. The first-order chi connectivity index (χ1) is 15.6. The van der Waals surface area contributed by atoms with Crippen molar-refractivity contribution in [1.82, 2.24) is 10.2 Å². The van der Waals surface area contributed by atoms with Gasteiger partial charge in [-0.3, -0.25) is 9.59 Å². The molecular formula is C27H36N2O3. The second-order valence-electron chi connectivity index (χ2n) is 11.1. The van der Waals surface area contributed by atoms with Crippen molar-refractivity contribution in [3.63, 3.8) is 0 Å². The molecule has 0 aromatic heterocycles. The van der Waals surface area contributed by atoms with E-state index in [1.807, 2.05) is 29.2 Å². The Labute approximate surface area is 191 Å². The molecule has 5 unspecified atom stereocenters. The molecule has 32 heavy (non-hydrogen) atoms. The highest BCUT2D eigenvalue weighted by Crippen LogP contribution is 2.53. The molecule has 5 aliphatic rings. The van der Waals surface area contributed by atoms with Gasteiger partial charge >= 0.3 is 0 Å². The number of rotatable bonds is 5. The average Bonchev–Trinajstić information content (AvgIpc) is 3.62. The number of carbonyl (C=O) groups is 2. The Hall–Kier alpha value is -2.04. The van der Waals surface area contributed by atoms with Crippen molar-refractivity contribution in [1.29, 1.82) is 0 Å². The Morgan fingerprint density at radius 1 is 0.812 bits per heavy atom. The highest BCUT2D eigenvalue weighted by atomic mass is 16.5. The molecule has 6 rings (SSSR count). The quantitative estimate of drug-likeness (QED) is 0.744. The molecule has 0 spiro atoms. The van der Waals surface area contributed by atoms with Crippen molar-refractivity contribution in [2.24, 2.45) is 29.6 Å². The highest BCUT2D eigenvalue weighted by molar-refractivity contribution is 5.94. The molecule has 1 saturated heterocycles. The number of nitrogens with one attached hydrogen (secondary N) is 1. The molecule has 172 valence electrons. The van der Waals surface area contributed by atoms with Gasteiger partial charge in [-0.05, 0) is 86.5 Å². The minimum atomic E-state index is 0.0703. The number of fused-ring (bicyclic) bond motifs is 2. The molecule has 5 heteroatoms. The van der Waals surface area contributed by atoms with E-state index in [1.165, 1.54) is 38.5 Å². The van der Waals surface area contributed by atoms with Gasteiger partial charge in [0.2, 0.25) is 5.91 Å². The van der Waals surface area contributed by atoms with Crippen LogP contribution in [0.25, 0.3) is 0 Å². The number of amides is 2. The lowest BCUT2D eigenvalue weighted by atomic mass is 9.75. The summed E-state index contributed by atoms with van der Waals surface area (Å²) in [5.74, 6) is 4.74. The van der Waals surface area contributed by atoms with Crippen molar-refractivity contribution in [3.05, 3.63) is 29.8 Å².